The normalized spacial score (nSPS) is 11.2. The molecule has 0 radical (unpaired) electrons. The SMILES string of the molecule is CCN(CC)S(=O)(=O)c1ccc(C(=O)NCC(=O)NCc2ccccc2)cc1. The van der Waals surface area contributed by atoms with Gasteiger partial charge in [0.1, 0.15) is 0 Å². The molecular formula is C20H25N3O4S. The highest BCUT2D eigenvalue weighted by molar-refractivity contribution is 7.89. The first kappa shape index (κ1) is 21.6. The quantitative estimate of drug-likeness (QED) is 0.667. The van der Waals surface area contributed by atoms with Gasteiger partial charge in [-0.25, -0.2) is 8.42 Å². The van der Waals surface area contributed by atoms with Gasteiger partial charge < -0.3 is 10.6 Å². The number of benzene rings is 2. The molecule has 2 N–H and O–H groups in total. The van der Waals surface area contributed by atoms with Crippen molar-refractivity contribution >= 4 is 21.8 Å². The summed E-state index contributed by atoms with van der Waals surface area (Å²) in [6.07, 6.45) is 0. The predicted molar refractivity (Wildman–Crippen MR) is 107 cm³/mol. The Morgan fingerprint density at radius 1 is 0.893 bits per heavy atom. The number of sulfonamides is 1. The summed E-state index contributed by atoms with van der Waals surface area (Å²) in [6.45, 7) is 4.51. The van der Waals surface area contributed by atoms with Gasteiger partial charge in [-0.2, -0.15) is 4.31 Å². The maximum absolute atomic E-state index is 12.5. The molecule has 0 aliphatic carbocycles. The molecule has 0 spiro atoms. The van der Waals surface area contributed by atoms with Gasteiger partial charge in [0.2, 0.25) is 15.9 Å². The molecule has 0 aliphatic heterocycles. The van der Waals surface area contributed by atoms with E-state index in [0.717, 1.165) is 5.56 Å². The lowest BCUT2D eigenvalue weighted by Gasteiger charge is -2.18. The molecule has 2 rings (SSSR count). The van der Waals surface area contributed by atoms with Crippen LogP contribution < -0.4 is 10.6 Å². The molecule has 2 aromatic rings. The first-order valence-corrected chi connectivity index (χ1v) is 10.5. The van der Waals surface area contributed by atoms with Crippen LogP contribution >= 0.6 is 0 Å². The van der Waals surface area contributed by atoms with E-state index in [4.69, 9.17) is 0 Å². The second kappa shape index (κ2) is 10.0. The summed E-state index contributed by atoms with van der Waals surface area (Å²) >= 11 is 0. The first-order valence-electron chi connectivity index (χ1n) is 9.07. The summed E-state index contributed by atoms with van der Waals surface area (Å²) in [5.41, 5.74) is 1.25. The fourth-order valence-electron chi connectivity index (χ4n) is 2.61. The third-order valence-electron chi connectivity index (χ3n) is 4.20. The molecule has 0 fully saturated rings. The molecule has 0 aromatic heterocycles. The zero-order valence-corrected chi connectivity index (χ0v) is 16.8. The monoisotopic (exact) mass is 403 g/mol. The summed E-state index contributed by atoms with van der Waals surface area (Å²) in [6, 6.07) is 15.1. The molecule has 150 valence electrons. The third kappa shape index (κ3) is 5.64. The summed E-state index contributed by atoms with van der Waals surface area (Å²) in [5, 5.41) is 5.25. The summed E-state index contributed by atoms with van der Waals surface area (Å²) in [7, 11) is -3.57. The van der Waals surface area contributed by atoms with Crippen LogP contribution in [0.15, 0.2) is 59.5 Å². The Morgan fingerprint density at radius 2 is 1.50 bits per heavy atom. The van der Waals surface area contributed by atoms with E-state index < -0.39 is 15.9 Å². The van der Waals surface area contributed by atoms with Crippen molar-refractivity contribution in [3.8, 4) is 0 Å². The van der Waals surface area contributed by atoms with E-state index in [1.54, 1.807) is 13.8 Å². The second-order valence-electron chi connectivity index (χ2n) is 6.06. The molecule has 7 nitrogen and oxygen atoms in total. The topological polar surface area (TPSA) is 95.6 Å². The van der Waals surface area contributed by atoms with Crippen molar-refractivity contribution in [2.75, 3.05) is 19.6 Å². The number of nitrogens with one attached hydrogen (secondary N) is 2. The number of hydrogen-bond acceptors (Lipinski definition) is 4. The molecule has 0 heterocycles. The summed E-state index contributed by atoms with van der Waals surface area (Å²) in [4.78, 5) is 24.2. The van der Waals surface area contributed by atoms with Crippen LogP contribution in [0.5, 0.6) is 0 Å². The summed E-state index contributed by atoms with van der Waals surface area (Å²) in [5.74, 6) is -0.750. The molecule has 28 heavy (non-hydrogen) atoms. The molecular weight excluding hydrogens is 378 g/mol. The van der Waals surface area contributed by atoms with Gasteiger partial charge >= 0.3 is 0 Å². The summed E-state index contributed by atoms with van der Waals surface area (Å²) < 4.78 is 26.3. The number of carbonyl (C=O) groups excluding carboxylic acids is 2. The maximum Gasteiger partial charge on any atom is 0.251 e. The second-order valence-corrected chi connectivity index (χ2v) is 8.00. The van der Waals surface area contributed by atoms with Crippen molar-refractivity contribution in [2.24, 2.45) is 0 Å². The van der Waals surface area contributed by atoms with E-state index in [-0.39, 0.29) is 22.9 Å². The van der Waals surface area contributed by atoms with Crippen LogP contribution in [0.4, 0.5) is 0 Å². The minimum absolute atomic E-state index is 0.133. The first-order chi connectivity index (χ1) is 13.4. The van der Waals surface area contributed by atoms with E-state index in [1.165, 1.54) is 28.6 Å². The lowest BCUT2D eigenvalue weighted by Crippen LogP contribution is -2.36. The lowest BCUT2D eigenvalue weighted by molar-refractivity contribution is -0.120. The van der Waals surface area contributed by atoms with Crippen LogP contribution in [-0.2, 0) is 21.4 Å². The Labute approximate surface area is 165 Å². The van der Waals surface area contributed by atoms with Crippen molar-refractivity contribution in [1.29, 1.82) is 0 Å². The van der Waals surface area contributed by atoms with Gasteiger partial charge in [-0.1, -0.05) is 44.2 Å². The van der Waals surface area contributed by atoms with Crippen molar-refractivity contribution in [2.45, 2.75) is 25.3 Å². The number of hydrogen-bond donors (Lipinski definition) is 2. The Morgan fingerprint density at radius 3 is 2.07 bits per heavy atom. The largest absolute Gasteiger partial charge is 0.350 e. The Kier molecular flexibility index (Phi) is 7.71. The number of rotatable bonds is 9. The average molecular weight is 404 g/mol. The van der Waals surface area contributed by atoms with Gasteiger partial charge in [0.15, 0.2) is 0 Å². The van der Waals surface area contributed by atoms with Gasteiger partial charge in [0, 0.05) is 25.2 Å². The van der Waals surface area contributed by atoms with E-state index in [9.17, 15) is 18.0 Å². The fourth-order valence-corrected chi connectivity index (χ4v) is 4.07. The Bertz CT molecular complexity index is 893. The molecule has 2 amide bonds. The maximum atomic E-state index is 12.5. The zero-order chi connectivity index (χ0) is 20.6. The Hall–Kier alpha value is -2.71. The Balaban J connectivity index is 1.90. The molecule has 2 aromatic carbocycles. The average Bonchev–Trinajstić information content (AvgIpc) is 2.72. The lowest BCUT2D eigenvalue weighted by atomic mass is 10.2. The van der Waals surface area contributed by atoms with Crippen molar-refractivity contribution in [1.82, 2.24) is 14.9 Å². The number of carbonyl (C=O) groups is 2. The van der Waals surface area contributed by atoms with Crippen LogP contribution in [0, 0.1) is 0 Å². The highest BCUT2D eigenvalue weighted by Gasteiger charge is 2.21. The van der Waals surface area contributed by atoms with Crippen LogP contribution in [0.1, 0.15) is 29.8 Å². The van der Waals surface area contributed by atoms with Crippen molar-refractivity contribution < 1.29 is 18.0 Å². The van der Waals surface area contributed by atoms with E-state index >= 15 is 0 Å². The molecule has 0 saturated heterocycles. The molecule has 0 unspecified atom stereocenters. The predicted octanol–water partition coefficient (Wildman–Crippen LogP) is 1.76. The fraction of sp³-hybridized carbons (Fsp3) is 0.300. The van der Waals surface area contributed by atoms with Crippen molar-refractivity contribution in [3.05, 3.63) is 65.7 Å². The number of amides is 2. The van der Waals surface area contributed by atoms with Gasteiger partial charge in [0.05, 0.1) is 11.4 Å². The minimum Gasteiger partial charge on any atom is -0.350 e. The minimum atomic E-state index is -3.57. The van der Waals surface area contributed by atoms with Crippen LogP contribution in [0.25, 0.3) is 0 Å². The highest BCUT2D eigenvalue weighted by Crippen LogP contribution is 2.16. The van der Waals surface area contributed by atoms with Gasteiger partial charge in [-0.05, 0) is 29.8 Å². The van der Waals surface area contributed by atoms with Gasteiger partial charge in [0.25, 0.3) is 5.91 Å². The molecule has 0 bridgehead atoms. The van der Waals surface area contributed by atoms with E-state index in [0.29, 0.717) is 19.6 Å². The molecule has 0 saturated carbocycles. The smallest absolute Gasteiger partial charge is 0.251 e. The third-order valence-corrected chi connectivity index (χ3v) is 6.27. The van der Waals surface area contributed by atoms with E-state index in [1.807, 2.05) is 30.3 Å². The van der Waals surface area contributed by atoms with Crippen LogP contribution in [0.2, 0.25) is 0 Å². The molecule has 8 heteroatoms. The standard InChI is InChI=1S/C20H25N3O4S/c1-3-23(4-2)28(26,27)18-12-10-17(11-13-18)20(25)22-15-19(24)21-14-16-8-6-5-7-9-16/h5-13H,3-4,14-15H2,1-2H3,(H,21,24)(H,22,25). The molecule has 0 aliphatic rings. The van der Waals surface area contributed by atoms with Crippen LogP contribution in [0.3, 0.4) is 0 Å². The number of nitrogens with zero attached hydrogens (tertiary/aromatic N) is 1. The highest BCUT2D eigenvalue weighted by atomic mass is 32.2. The van der Waals surface area contributed by atoms with E-state index in [2.05, 4.69) is 10.6 Å². The molecule has 0 atom stereocenters. The van der Waals surface area contributed by atoms with Crippen LogP contribution in [-0.4, -0.2) is 44.2 Å². The van der Waals surface area contributed by atoms with Crippen molar-refractivity contribution in [3.63, 3.8) is 0 Å². The zero-order valence-electron chi connectivity index (χ0n) is 16.0. The van der Waals surface area contributed by atoms with Gasteiger partial charge in [-0.15, -0.1) is 0 Å². The van der Waals surface area contributed by atoms with Gasteiger partial charge in [-0.3, -0.25) is 9.59 Å².